The molecule has 0 aliphatic rings. The van der Waals surface area contributed by atoms with Crippen LogP contribution in [0.1, 0.15) is 6.92 Å². The molecule has 1 aromatic rings. The molecule has 0 amide bonds. The topological polar surface area (TPSA) is 93.6 Å². The molecule has 82 valence electrons. The Labute approximate surface area is 86.0 Å². The molecule has 0 atom stereocenters. The van der Waals surface area contributed by atoms with Crippen LogP contribution < -0.4 is 10.2 Å². The van der Waals surface area contributed by atoms with Gasteiger partial charge in [0.15, 0.2) is 6.61 Å². The van der Waals surface area contributed by atoms with E-state index in [1.807, 2.05) is 6.92 Å². The van der Waals surface area contributed by atoms with Crippen LogP contribution in [0.2, 0.25) is 0 Å². The van der Waals surface area contributed by atoms with Crippen molar-refractivity contribution in [2.75, 3.05) is 18.7 Å². The third kappa shape index (κ3) is 4.23. The van der Waals surface area contributed by atoms with Gasteiger partial charge in [-0.15, -0.1) is 0 Å². The van der Waals surface area contributed by atoms with Crippen LogP contribution in [0.5, 0.6) is 5.88 Å². The van der Waals surface area contributed by atoms with Gasteiger partial charge in [0.2, 0.25) is 11.8 Å². The number of nitrogens with one attached hydrogen (secondary N) is 1. The Morgan fingerprint density at radius 2 is 2.47 bits per heavy atom. The van der Waals surface area contributed by atoms with Crippen LogP contribution in [0.4, 0.5) is 5.95 Å². The average molecular weight is 213 g/mol. The minimum atomic E-state index is -1.08. The van der Waals surface area contributed by atoms with Crippen LogP contribution in [0, 0.1) is 0 Å². The number of hydrogen-bond donors (Lipinski definition) is 2. The van der Waals surface area contributed by atoms with Gasteiger partial charge in [-0.05, 0) is 6.92 Å². The Balaban J connectivity index is 2.46. The number of ether oxygens (including phenoxy) is 1. The Kier molecular flexibility index (Phi) is 4.30. The number of anilines is 1. The van der Waals surface area contributed by atoms with Crippen molar-refractivity contribution in [2.45, 2.75) is 6.92 Å². The molecule has 0 saturated heterocycles. The number of aromatic nitrogens is 2. The molecular weight excluding hydrogens is 202 g/mol. The molecule has 0 unspecified atom stereocenters. The van der Waals surface area contributed by atoms with Crippen molar-refractivity contribution in [3.63, 3.8) is 0 Å². The third-order valence-corrected chi connectivity index (χ3v) is 1.28. The molecule has 0 aliphatic heterocycles. The number of nitrogens with zero attached hydrogens (tertiary/aromatic N) is 2. The number of carboxylic acid groups (broad SMARTS) is 1. The maximum atomic E-state index is 10.1. The van der Waals surface area contributed by atoms with Gasteiger partial charge in [0, 0.05) is 12.3 Å². The molecule has 1 aromatic heterocycles. The Morgan fingerprint density at radius 3 is 3.13 bits per heavy atom. The Bertz CT molecular complexity index is 331. The van der Waals surface area contributed by atoms with E-state index in [0.717, 1.165) is 0 Å². The van der Waals surface area contributed by atoms with E-state index in [1.165, 1.54) is 6.20 Å². The van der Waals surface area contributed by atoms with Crippen LogP contribution in [0.15, 0.2) is 12.3 Å². The highest BCUT2D eigenvalue weighted by Crippen LogP contribution is 2.07. The highest BCUT2D eigenvalue weighted by molar-refractivity contribution is 5.68. The third-order valence-electron chi connectivity index (χ3n) is 1.28. The van der Waals surface area contributed by atoms with E-state index in [0.29, 0.717) is 12.5 Å². The van der Waals surface area contributed by atoms with Crippen molar-refractivity contribution in [1.29, 1.82) is 0 Å². The summed E-state index contributed by atoms with van der Waals surface area (Å²) in [6.45, 7) is 1.85. The van der Waals surface area contributed by atoms with Crippen molar-refractivity contribution in [3.05, 3.63) is 12.3 Å². The van der Waals surface area contributed by atoms with E-state index in [-0.39, 0.29) is 5.95 Å². The summed E-state index contributed by atoms with van der Waals surface area (Å²) in [6, 6.07) is 1.59. The second-order valence-electron chi connectivity index (χ2n) is 2.44. The molecular formula is C8H11N3O4. The largest absolute Gasteiger partial charge is 0.479 e. The van der Waals surface area contributed by atoms with Crippen molar-refractivity contribution in [2.24, 2.45) is 0 Å². The maximum absolute atomic E-state index is 10.1. The van der Waals surface area contributed by atoms with Gasteiger partial charge >= 0.3 is 5.97 Å². The number of aliphatic carboxylic acids is 1. The van der Waals surface area contributed by atoms with Gasteiger partial charge in [-0.1, -0.05) is 0 Å². The number of rotatable bonds is 6. The predicted octanol–water partition coefficient (Wildman–Crippen LogP) is 0.303. The standard InChI is InChI=1S/C8H11N3O4/c1-2-14-6-3-4-9-8(10-6)11-15-5-7(12)13/h3-4H,2,5H2,1H3,(H,12,13)(H,9,10,11). The summed E-state index contributed by atoms with van der Waals surface area (Å²) in [5, 5.41) is 8.30. The van der Waals surface area contributed by atoms with Crippen molar-refractivity contribution in [1.82, 2.24) is 9.97 Å². The summed E-state index contributed by atoms with van der Waals surface area (Å²) in [7, 11) is 0. The summed E-state index contributed by atoms with van der Waals surface area (Å²) >= 11 is 0. The first kappa shape index (κ1) is 11.2. The Morgan fingerprint density at radius 1 is 1.67 bits per heavy atom. The van der Waals surface area contributed by atoms with E-state index in [1.54, 1.807) is 6.07 Å². The van der Waals surface area contributed by atoms with E-state index in [4.69, 9.17) is 9.84 Å². The van der Waals surface area contributed by atoms with Gasteiger partial charge in [0.05, 0.1) is 6.61 Å². The van der Waals surface area contributed by atoms with E-state index >= 15 is 0 Å². The number of hydrogen-bond acceptors (Lipinski definition) is 6. The predicted molar refractivity (Wildman–Crippen MR) is 50.4 cm³/mol. The molecule has 2 N–H and O–H groups in total. The zero-order chi connectivity index (χ0) is 11.1. The first-order valence-corrected chi connectivity index (χ1v) is 4.28. The molecule has 0 saturated carbocycles. The summed E-state index contributed by atoms with van der Waals surface area (Å²) in [5.41, 5.74) is 2.29. The highest BCUT2D eigenvalue weighted by Gasteiger charge is 2.00. The normalized spacial score (nSPS) is 9.67. The molecule has 0 aliphatic carbocycles. The molecule has 0 spiro atoms. The SMILES string of the molecule is CCOc1ccnc(NOCC(=O)O)n1. The summed E-state index contributed by atoms with van der Waals surface area (Å²) in [6.07, 6.45) is 1.48. The molecule has 1 rings (SSSR count). The first-order chi connectivity index (χ1) is 7.22. The van der Waals surface area contributed by atoms with Gasteiger partial charge in [-0.25, -0.2) is 15.3 Å². The van der Waals surface area contributed by atoms with Crippen LogP contribution in [-0.2, 0) is 9.63 Å². The molecule has 7 heteroatoms. The first-order valence-electron chi connectivity index (χ1n) is 4.28. The molecule has 15 heavy (non-hydrogen) atoms. The lowest BCUT2D eigenvalue weighted by atomic mass is 10.6. The minimum Gasteiger partial charge on any atom is -0.479 e. The van der Waals surface area contributed by atoms with Gasteiger partial charge in [0.25, 0.3) is 0 Å². The van der Waals surface area contributed by atoms with E-state index in [2.05, 4.69) is 20.3 Å². The molecule has 0 radical (unpaired) electrons. The summed E-state index contributed by atoms with van der Waals surface area (Å²) < 4.78 is 5.11. The quantitative estimate of drug-likeness (QED) is 0.656. The fraction of sp³-hybridized carbons (Fsp3) is 0.375. The van der Waals surface area contributed by atoms with E-state index < -0.39 is 12.6 Å². The lowest BCUT2D eigenvalue weighted by Gasteiger charge is -2.05. The van der Waals surface area contributed by atoms with Crippen molar-refractivity contribution < 1.29 is 19.5 Å². The highest BCUT2D eigenvalue weighted by atomic mass is 16.7. The van der Waals surface area contributed by atoms with Crippen LogP contribution in [0.3, 0.4) is 0 Å². The molecule has 0 bridgehead atoms. The zero-order valence-electron chi connectivity index (χ0n) is 8.14. The summed E-state index contributed by atoms with van der Waals surface area (Å²) in [4.78, 5) is 22.4. The monoisotopic (exact) mass is 213 g/mol. The number of carbonyl (C=O) groups is 1. The van der Waals surface area contributed by atoms with Gasteiger partial charge in [0.1, 0.15) is 0 Å². The molecule has 0 aromatic carbocycles. The molecule has 1 heterocycles. The van der Waals surface area contributed by atoms with Gasteiger partial charge < -0.3 is 9.84 Å². The summed E-state index contributed by atoms with van der Waals surface area (Å²) in [5.74, 6) is -0.528. The second kappa shape index (κ2) is 5.76. The van der Waals surface area contributed by atoms with Crippen LogP contribution in [0.25, 0.3) is 0 Å². The van der Waals surface area contributed by atoms with E-state index in [9.17, 15) is 4.79 Å². The maximum Gasteiger partial charge on any atom is 0.332 e. The fourth-order valence-corrected chi connectivity index (χ4v) is 0.782. The molecule has 0 fully saturated rings. The fourth-order valence-electron chi connectivity index (χ4n) is 0.782. The Hall–Kier alpha value is -1.89. The zero-order valence-corrected chi connectivity index (χ0v) is 8.14. The molecule has 7 nitrogen and oxygen atoms in total. The minimum absolute atomic E-state index is 0.155. The average Bonchev–Trinajstić information content (AvgIpc) is 2.18. The smallest absolute Gasteiger partial charge is 0.332 e. The van der Waals surface area contributed by atoms with Gasteiger partial charge in [-0.3, -0.25) is 4.84 Å². The lowest BCUT2D eigenvalue weighted by molar-refractivity contribution is -0.141. The van der Waals surface area contributed by atoms with Crippen LogP contribution >= 0.6 is 0 Å². The second-order valence-corrected chi connectivity index (χ2v) is 2.44. The number of carboxylic acids is 1. The van der Waals surface area contributed by atoms with Gasteiger partial charge in [-0.2, -0.15) is 4.98 Å². The lowest BCUT2D eigenvalue weighted by Crippen LogP contribution is -2.13. The van der Waals surface area contributed by atoms with Crippen LogP contribution in [-0.4, -0.2) is 34.3 Å². The van der Waals surface area contributed by atoms with Crippen molar-refractivity contribution in [3.8, 4) is 5.88 Å². The van der Waals surface area contributed by atoms with Crippen molar-refractivity contribution >= 4 is 11.9 Å².